The molecule has 1 aliphatic heterocycles. The minimum Gasteiger partial charge on any atom is -0.353 e. The number of nitrogens with zero attached hydrogens (tertiary/aromatic N) is 4. The number of benzene rings is 1. The Labute approximate surface area is 140 Å². The fourth-order valence-corrected chi connectivity index (χ4v) is 4.19. The van der Waals surface area contributed by atoms with E-state index in [1.807, 2.05) is 4.90 Å². The maximum atomic E-state index is 13.9. The molecule has 1 fully saturated rings. The molecule has 0 amide bonds. The Balaban J connectivity index is 1.80. The van der Waals surface area contributed by atoms with Crippen molar-refractivity contribution in [3.63, 3.8) is 0 Å². The summed E-state index contributed by atoms with van der Waals surface area (Å²) in [5, 5.41) is 0.633. The van der Waals surface area contributed by atoms with Crippen LogP contribution in [-0.4, -0.2) is 54.9 Å². The lowest BCUT2D eigenvalue weighted by Crippen LogP contribution is -2.53. The van der Waals surface area contributed by atoms with Crippen LogP contribution in [0, 0.1) is 5.82 Å². The van der Waals surface area contributed by atoms with Crippen molar-refractivity contribution in [3.8, 4) is 0 Å². The highest BCUT2D eigenvalue weighted by molar-refractivity contribution is 7.87. The van der Waals surface area contributed by atoms with Gasteiger partial charge < -0.3 is 4.90 Å². The Bertz CT molecular complexity index is 835. The number of aromatic nitrogens is 2. The summed E-state index contributed by atoms with van der Waals surface area (Å²) in [6, 6.07) is 4.61. The zero-order chi connectivity index (χ0) is 17.3. The van der Waals surface area contributed by atoms with Gasteiger partial charge in [-0.05, 0) is 26.0 Å². The van der Waals surface area contributed by atoms with Crippen LogP contribution < -0.4 is 9.62 Å². The lowest BCUT2D eigenvalue weighted by molar-refractivity contribution is 0.375. The molecule has 2 aromatic rings. The van der Waals surface area contributed by atoms with Gasteiger partial charge in [0.1, 0.15) is 23.5 Å². The summed E-state index contributed by atoms with van der Waals surface area (Å²) in [5.41, 5.74) is 0.277. The third kappa shape index (κ3) is 3.33. The summed E-state index contributed by atoms with van der Waals surface area (Å²) in [4.78, 5) is 10.2. The maximum absolute atomic E-state index is 13.9. The zero-order valence-corrected chi connectivity index (χ0v) is 14.4. The molecule has 7 nitrogen and oxygen atoms in total. The van der Waals surface area contributed by atoms with Crippen LogP contribution in [0.3, 0.4) is 0 Å². The molecule has 0 spiro atoms. The molecular weight excluding hydrogens is 333 g/mol. The number of fused-ring (bicyclic) bond motifs is 1. The van der Waals surface area contributed by atoms with Gasteiger partial charge >= 0.3 is 0 Å². The fourth-order valence-electron chi connectivity index (χ4n) is 2.80. The minimum atomic E-state index is -3.47. The van der Waals surface area contributed by atoms with Crippen molar-refractivity contribution < 1.29 is 12.8 Å². The quantitative estimate of drug-likeness (QED) is 0.892. The summed E-state index contributed by atoms with van der Waals surface area (Å²) < 4.78 is 42.3. The molecule has 0 saturated carbocycles. The lowest BCUT2D eigenvalue weighted by atomic mass is 10.2. The van der Waals surface area contributed by atoms with E-state index < -0.39 is 16.0 Å². The van der Waals surface area contributed by atoms with Crippen LogP contribution in [0.15, 0.2) is 24.5 Å². The van der Waals surface area contributed by atoms with Crippen LogP contribution in [0.25, 0.3) is 10.9 Å². The van der Waals surface area contributed by atoms with E-state index in [4.69, 9.17) is 0 Å². The predicted molar refractivity (Wildman–Crippen MR) is 90.5 cm³/mol. The van der Waals surface area contributed by atoms with Gasteiger partial charge in [0, 0.05) is 37.6 Å². The van der Waals surface area contributed by atoms with E-state index in [2.05, 4.69) is 14.7 Å². The van der Waals surface area contributed by atoms with Crippen LogP contribution >= 0.6 is 0 Å². The SMILES string of the molecule is CC(C)NS(=O)(=O)N1CCN(c2ncnc3c(F)cccc23)CC1. The third-order valence-electron chi connectivity index (χ3n) is 3.86. The standard InChI is InChI=1S/C15H20FN5O2S/c1-11(2)19-24(22,23)21-8-6-20(7-9-21)15-12-4-3-5-13(16)14(12)17-10-18-15/h3-5,10-11,19H,6-9H2,1-2H3. The summed E-state index contributed by atoms with van der Waals surface area (Å²) in [6.45, 7) is 5.25. The van der Waals surface area contributed by atoms with Crippen LogP contribution in [0.5, 0.6) is 0 Å². The summed E-state index contributed by atoms with van der Waals surface area (Å²) in [7, 11) is -3.47. The van der Waals surface area contributed by atoms with Crippen LogP contribution in [0.2, 0.25) is 0 Å². The molecule has 3 rings (SSSR count). The molecule has 1 aromatic heterocycles. The van der Waals surface area contributed by atoms with Gasteiger partial charge in [-0.25, -0.2) is 14.4 Å². The second kappa shape index (κ2) is 6.58. The average molecular weight is 353 g/mol. The largest absolute Gasteiger partial charge is 0.353 e. The first kappa shape index (κ1) is 17.0. The lowest BCUT2D eigenvalue weighted by Gasteiger charge is -2.35. The van der Waals surface area contributed by atoms with Crippen molar-refractivity contribution in [2.45, 2.75) is 19.9 Å². The number of halogens is 1. The van der Waals surface area contributed by atoms with Gasteiger partial charge in [-0.1, -0.05) is 6.07 Å². The summed E-state index contributed by atoms with van der Waals surface area (Å²) in [6.07, 6.45) is 1.34. The summed E-state index contributed by atoms with van der Waals surface area (Å²) >= 11 is 0. The highest BCUT2D eigenvalue weighted by atomic mass is 32.2. The smallest absolute Gasteiger partial charge is 0.279 e. The van der Waals surface area contributed by atoms with Crippen LogP contribution in [0.4, 0.5) is 10.2 Å². The van der Waals surface area contributed by atoms with Crippen molar-refractivity contribution in [3.05, 3.63) is 30.3 Å². The normalized spacial score (nSPS) is 16.9. The second-order valence-electron chi connectivity index (χ2n) is 6.00. The molecule has 0 bridgehead atoms. The molecule has 2 heterocycles. The van der Waals surface area contributed by atoms with Crippen molar-refractivity contribution in [1.29, 1.82) is 0 Å². The number of rotatable bonds is 4. The highest BCUT2D eigenvalue weighted by Crippen LogP contribution is 2.25. The molecule has 0 unspecified atom stereocenters. The van der Waals surface area contributed by atoms with Gasteiger partial charge in [-0.15, -0.1) is 0 Å². The van der Waals surface area contributed by atoms with E-state index in [-0.39, 0.29) is 11.6 Å². The number of hydrogen-bond acceptors (Lipinski definition) is 5. The molecule has 0 aliphatic carbocycles. The molecule has 1 aromatic carbocycles. The van der Waals surface area contributed by atoms with Crippen LogP contribution in [0.1, 0.15) is 13.8 Å². The molecule has 24 heavy (non-hydrogen) atoms. The van der Waals surface area contributed by atoms with Gasteiger partial charge in [-0.2, -0.15) is 17.4 Å². The highest BCUT2D eigenvalue weighted by Gasteiger charge is 2.28. The Morgan fingerprint density at radius 2 is 1.88 bits per heavy atom. The minimum absolute atomic E-state index is 0.151. The van der Waals surface area contributed by atoms with E-state index in [0.717, 1.165) is 0 Å². The Hall–Kier alpha value is -1.84. The van der Waals surface area contributed by atoms with Gasteiger partial charge in [0.2, 0.25) is 0 Å². The van der Waals surface area contributed by atoms with Crippen molar-refractivity contribution >= 4 is 26.9 Å². The average Bonchev–Trinajstić information content (AvgIpc) is 2.54. The van der Waals surface area contributed by atoms with E-state index in [1.165, 1.54) is 16.7 Å². The Morgan fingerprint density at radius 3 is 2.54 bits per heavy atom. The van der Waals surface area contributed by atoms with Crippen LogP contribution in [-0.2, 0) is 10.2 Å². The number of piperazine rings is 1. The molecule has 1 aliphatic rings. The predicted octanol–water partition coefficient (Wildman–Crippen LogP) is 1.13. The Morgan fingerprint density at radius 1 is 1.17 bits per heavy atom. The van der Waals surface area contributed by atoms with Gasteiger partial charge in [0.15, 0.2) is 0 Å². The number of hydrogen-bond donors (Lipinski definition) is 1. The number of nitrogens with one attached hydrogen (secondary N) is 1. The monoisotopic (exact) mass is 353 g/mol. The zero-order valence-electron chi connectivity index (χ0n) is 13.6. The first-order valence-corrected chi connectivity index (χ1v) is 9.24. The molecule has 130 valence electrons. The Kier molecular flexibility index (Phi) is 4.66. The topological polar surface area (TPSA) is 78.4 Å². The van der Waals surface area contributed by atoms with Gasteiger partial charge in [0.05, 0.1) is 0 Å². The van der Waals surface area contributed by atoms with E-state index in [9.17, 15) is 12.8 Å². The molecule has 1 saturated heterocycles. The summed E-state index contributed by atoms with van der Waals surface area (Å²) in [5.74, 6) is 0.242. The molecule has 9 heteroatoms. The van der Waals surface area contributed by atoms with Gasteiger partial charge in [-0.3, -0.25) is 0 Å². The fraction of sp³-hybridized carbons (Fsp3) is 0.467. The van der Waals surface area contributed by atoms with Crippen molar-refractivity contribution in [2.24, 2.45) is 0 Å². The molecular formula is C15H20FN5O2S. The maximum Gasteiger partial charge on any atom is 0.279 e. The van der Waals surface area contributed by atoms with E-state index in [0.29, 0.717) is 37.4 Å². The third-order valence-corrected chi connectivity index (χ3v) is 5.67. The van der Waals surface area contributed by atoms with Crippen molar-refractivity contribution in [2.75, 3.05) is 31.1 Å². The molecule has 0 radical (unpaired) electrons. The van der Waals surface area contributed by atoms with E-state index >= 15 is 0 Å². The molecule has 0 atom stereocenters. The van der Waals surface area contributed by atoms with E-state index in [1.54, 1.807) is 26.0 Å². The first-order valence-electron chi connectivity index (χ1n) is 7.80. The molecule has 1 N–H and O–H groups in total. The van der Waals surface area contributed by atoms with Crippen molar-refractivity contribution in [1.82, 2.24) is 19.0 Å². The number of anilines is 1. The van der Waals surface area contributed by atoms with Gasteiger partial charge in [0.25, 0.3) is 10.2 Å². The second-order valence-corrected chi connectivity index (χ2v) is 7.70. The number of para-hydroxylation sites is 1. The first-order chi connectivity index (χ1) is 11.4.